The van der Waals surface area contributed by atoms with Crippen molar-refractivity contribution >= 4 is 5.91 Å². The van der Waals surface area contributed by atoms with Gasteiger partial charge in [-0.2, -0.15) is 0 Å². The fourth-order valence-electron chi connectivity index (χ4n) is 2.82. The predicted octanol–water partition coefficient (Wildman–Crippen LogP) is 3.09. The Bertz CT molecular complexity index is 475. The summed E-state index contributed by atoms with van der Waals surface area (Å²) < 4.78 is 13.1. The van der Waals surface area contributed by atoms with Gasteiger partial charge in [0.05, 0.1) is 5.56 Å². The Labute approximate surface area is 112 Å². The van der Waals surface area contributed by atoms with Gasteiger partial charge in [0.25, 0.3) is 5.91 Å². The molecule has 0 heterocycles. The molecule has 1 aromatic rings. The van der Waals surface area contributed by atoms with E-state index in [9.17, 15) is 14.3 Å². The van der Waals surface area contributed by atoms with Gasteiger partial charge in [-0.15, -0.1) is 0 Å². The van der Waals surface area contributed by atoms with Gasteiger partial charge in [-0.25, -0.2) is 4.39 Å². The molecular weight excluding hydrogens is 245 g/mol. The fourth-order valence-corrected chi connectivity index (χ4v) is 2.82. The first-order valence-corrected chi connectivity index (χ1v) is 6.76. The number of nitrogens with one attached hydrogen (secondary N) is 1. The van der Waals surface area contributed by atoms with Crippen molar-refractivity contribution in [2.24, 2.45) is 11.8 Å². The monoisotopic (exact) mass is 265 g/mol. The van der Waals surface area contributed by atoms with Crippen molar-refractivity contribution in [2.45, 2.75) is 39.2 Å². The Hall–Kier alpha value is -1.58. The Morgan fingerprint density at radius 3 is 2.79 bits per heavy atom. The Kier molecular flexibility index (Phi) is 4.08. The first-order valence-electron chi connectivity index (χ1n) is 6.76. The molecule has 0 aromatic heterocycles. The average Bonchev–Trinajstić information content (AvgIpc) is 2.35. The van der Waals surface area contributed by atoms with E-state index in [-0.39, 0.29) is 17.4 Å². The Morgan fingerprint density at radius 2 is 2.11 bits per heavy atom. The van der Waals surface area contributed by atoms with Crippen molar-refractivity contribution < 1.29 is 14.3 Å². The van der Waals surface area contributed by atoms with Crippen LogP contribution in [0.3, 0.4) is 0 Å². The van der Waals surface area contributed by atoms with Crippen molar-refractivity contribution in [1.82, 2.24) is 5.32 Å². The molecule has 1 saturated carbocycles. The molecule has 1 aliphatic rings. The normalized spacial score (nSPS) is 27.0. The molecule has 4 heteroatoms. The van der Waals surface area contributed by atoms with Crippen LogP contribution >= 0.6 is 0 Å². The minimum Gasteiger partial charge on any atom is -0.507 e. The first kappa shape index (κ1) is 13.8. The first-order chi connectivity index (χ1) is 8.97. The quantitative estimate of drug-likeness (QED) is 0.863. The fraction of sp³-hybridized carbons (Fsp3) is 0.533. The van der Waals surface area contributed by atoms with E-state index in [1.807, 2.05) is 0 Å². The van der Waals surface area contributed by atoms with Gasteiger partial charge >= 0.3 is 0 Å². The van der Waals surface area contributed by atoms with Crippen molar-refractivity contribution in [3.8, 4) is 5.75 Å². The highest BCUT2D eigenvalue weighted by molar-refractivity contribution is 5.97. The molecule has 0 radical (unpaired) electrons. The number of carbonyl (C=O) groups is 1. The molecule has 2 rings (SSSR count). The van der Waals surface area contributed by atoms with Crippen LogP contribution in [0.1, 0.15) is 43.5 Å². The predicted molar refractivity (Wildman–Crippen MR) is 71.5 cm³/mol. The lowest BCUT2D eigenvalue weighted by molar-refractivity contribution is 0.0896. The van der Waals surface area contributed by atoms with Crippen molar-refractivity contribution in [2.75, 3.05) is 0 Å². The van der Waals surface area contributed by atoms with Gasteiger partial charge in [0.2, 0.25) is 0 Å². The lowest BCUT2D eigenvalue weighted by atomic mass is 9.80. The third kappa shape index (κ3) is 3.25. The van der Waals surface area contributed by atoms with Gasteiger partial charge in [-0.3, -0.25) is 4.79 Å². The SMILES string of the molecule is CC1CCC(NC(=O)c2cc(F)ccc2O)C(C)C1. The summed E-state index contributed by atoms with van der Waals surface area (Å²) in [6.07, 6.45) is 3.11. The van der Waals surface area contributed by atoms with Crippen LogP contribution in [0.2, 0.25) is 0 Å². The van der Waals surface area contributed by atoms with Crippen LogP contribution in [-0.2, 0) is 0 Å². The zero-order valence-electron chi connectivity index (χ0n) is 11.3. The number of hydrogen-bond acceptors (Lipinski definition) is 2. The van der Waals surface area contributed by atoms with E-state index in [1.54, 1.807) is 0 Å². The molecule has 19 heavy (non-hydrogen) atoms. The molecule has 0 bridgehead atoms. The molecule has 0 saturated heterocycles. The second kappa shape index (κ2) is 5.59. The molecule has 0 aliphatic heterocycles. The van der Waals surface area contributed by atoms with E-state index in [2.05, 4.69) is 19.2 Å². The molecule has 104 valence electrons. The van der Waals surface area contributed by atoms with Gasteiger partial charge in [-0.05, 0) is 49.3 Å². The number of phenols is 1. The second-order valence-corrected chi connectivity index (χ2v) is 5.64. The number of aromatic hydroxyl groups is 1. The van der Waals surface area contributed by atoms with Gasteiger partial charge < -0.3 is 10.4 Å². The summed E-state index contributed by atoms with van der Waals surface area (Å²) in [5, 5.41) is 12.5. The van der Waals surface area contributed by atoms with Crippen molar-refractivity contribution in [3.63, 3.8) is 0 Å². The highest BCUT2D eigenvalue weighted by atomic mass is 19.1. The van der Waals surface area contributed by atoms with Crippen LogP contribution in [0.25, 0.3) is 0 Å². The maximum Gasteiger partial charge on any atom is 0.255 e. The number of amides is 1. The van der Waals surface area contributed by atoms with Crippen LogP contribution in [0.15, 0.2) is 18.2 Å². The van der Waals surface area contributed by atoms with E-state index in [0.717, 1.165) is 31.4 Å². The van der Waals surface area contributed by atoms with Gasteiger partial charge in [-0.1, -0.05) is 13.8 Å². The minimum absolute atomic E-state index is 0.00539. The number of phenolic OH excluding ortho intramolecular Hbond substituents is 1. The van der Waals surface area contributed by atoms with Crippen LogP contribution < -0.4 is 5.32 Å². The largest absolute Gasteiger partial charge is 0.507 e. The van der Waals surface area contributed by atoms with Crippen LogP contribution in [-0.4, -0.2) is 17.1 Å². The number of rotatable bonds is 2. The van der Waals surface area contributed by atoms with Crippen molar-refractivity contribution in [1.29, 1.82) is 0 Å². The van der Waals surface area contributed by atoms with E-state index in [1.165, 1.54) is 6.07 Å². The van der Waals surface area contributed by atoms with E-state index < -0.39 is 11.7 Å². The summed E-state index contributed by atoms with van der Waals surface area (Å²) in [6.45, 7) is 4.33. The lowest BCUT2D eigenvalue weighted by Crippen LogP contribution is -2.42. The summed E-state index contributed by atoms with van der Waals surface area (Å²) in [7, 11) is 0. The summed E-state index contributed by atoms with van der Waals surface area (Å²) >= 11 is 0. The topological polar surface area (TPSA) is 49.3 Å². The zero-order chi connectivity index (χ0) is 14.0. The number of carbonyl (C=O) groups excluding carboxylic acids is 1. The minimum atomic E-state index is -0.520. The summed E-state index contributed by atoms with van der Waals surface area (Å²) in [6, 6.07) is 3.51. The third-order valence-corrected chi connectivity index (χ3v) is 3.95. The molecule has 3 nitrogen and oxygen atoms in total. The lowest BCUT2D eigenvalue weighted by Gasteiger charge is -2.33. The van der Waals surface area contributed by atoms with Crippen LogP contribution in [0, 0.1) is 17.7 Å². The smallest absolute Gasteiger partial charge is 0.255 e. The molecule has 1 aromatic carbocycles. The zero-order valence-corrected chi connectivity index (χ0v) is 11.3. The summed E-state index contributed by atoms with van der Waals surface area (Å²) in [5.74, 6) is -0.0125. The van der Waals surface area contributed by atoms with Gasteiger partial charge in [0, 0.05) is 6.04 Å². The van der Waals surface area contributed by atoms with Gasteiger partial charge in [0.1, 0.15) is 11.6 Å². The number of benzene rings is 1. The van der Waals surface area contributed by atoms with Crippen LogP contribution in [0.4, 0.5) is 4.39 Å². The maximum atomic E-state index is 13.1. The van der Waals surface area contributed by atoms with Crippen LogP contribution in [0.5, 0.6) is 5.75 Å². The molecule has 0 spiro atoms. The van der Waals surface area contributed by atoms with Gasteiger partial charge in [0.15, 0.2) is 0 Å². The number of halogens is 1. The highest BCUT2D eigenvalue weighted by Crippen LogP contribution is 2.29. The summed E-state index contributed by atoms with van der Waals surface area (Å²) in [5.41, 5.74) is 0.00539. The van der Waals surface area contributed by atoms with E-state index in [0.29, 0.717) is 11.8 Å². The number of hydrogen-bond donors (Lipinski definition) is 2. The molecule has 1 aliphatic carbocycles. The van der Waals surface area contributed by atoms with E-state index >= 15 is 0 Å². The second-order valence-electron chi connectivity index (χ2n) is 5.64. The molecular formula is C15H20FNO2. The molecule has 3 atom stereocenters. The summed E-state index contributed by atoms with van der Waals surface area (Å²) in [4.78, 5) is 12.1. The third-order valence-electron chi connectivity index (χ3n) is 3.95. The van der Waals surface area contributed by atoms with Crippen molar-refractivity contribution in [3.05, 3.63) is 29.6 Å². The molecule has 1 amide bonds. The molecule has 3 unspecified atom stereocenters. The standard InChI is InChI=1S/C15H20FNO2/c1-9-3-5-13(10(2)7-9)17-15(19)12-8-11(16)4-6-14(12)18/h4,6,8-10,13,18H,3,5,7H2,1-2H3,(H,17,19). The Morgan fingerprint density at radius 1 is 1.37 bits per heavy atom. The molecule has 1 fully saturated rings. The average molecular weight is 265 g/mol. The maximum absolute atomic E-state index is 13.1. The Balaban J connectivity index is 2.06. The molecule has 2 N–H and O–H groups in total. The highest BCUT2D eigenvalue weighted by Gasteiger charge is 2.27. The van der Waals surface area contributed by atoms with E-state index in [4.69, 9.17) is 0 Å².